The van der Waals surface area contributed by atoms with Crippen molar-refractivity contribution in [3.63, 3.8) is 0 Å². The van der Waals surface area contributed by atoms with E-state index in [4.69, 9.17) is 5.11 Å². The highest BCUT2D eigenvalue weighted by molar-refractivity contribution is 7.91. The van der Waals surface area contributed by atoms with Gasteiger partial charge in [-0.25, -0.2) is 13.1 Å². The monoisotopic (exact) mass is 287 g/mol. The average Bonchev–Trinajstić information content (AvgIpc) is 3.24. The standard InChI is InChI=1S/C12H17NO3S2/c14-6-8-5-11(17-7-8)18(15,16)13-12(9-1-2-9)10-3-4-10/h5,7,9-10,12-14H,1-4,6H2. The number of rotatable bonds is 6. The zero-order valence-corrected chi connectivity index (χ0v) is 11.6. The van der Waals surface area contributed by atoms with Gasteiger partial charge in [0.1, 0.15) is 4.21 Å². The lowest BCUT2D eigenvalue weighted by Crippen LogP contribution is -2.37. The topological polar surface area (TPSA) is 66.4 Å². The molecule has 2 aliphatic carbocycles. The van der Waals surface area contributed by atoms with Gasteiger partial charge in [0.15, 0.2) is 0 Å². The molecule has 0 saturated heterocycles. The zero-order valence-electron chi connectivity index (χ0n) is 10.0. The second-order valence-corrected chi connectivity index (χ2v) is 8.11. The Morgan fingerprint density at radius 3 is 2.39 bits per heavy atom. The molecule has 3 rings (SSSR count). The molecule has 1 aromatic rings. The van der Waals surface area contributed by atoms with Crippen LogP contribution in [0.4, 0.5) is 0 Å². The van der Waals surface area contributed by atoms with Crippen molar-refractivity contribution in [2.24, 2.45) is 11.8 Å². The number of sulfonamides is 1. The average molecular weight is 287 g/mol. The summed E-state index contributed by atoms with van der Waals surface area (Å²) in [6.07, 6.45) is 4.60. The number of nitrogens with one attached hydrogen (secondary N) is 1. The number of hydrogen-bond acceptors (Lipinski definition) is 4. The molecule has 0 bridgehead atoms. The third kappa shape index (κ3) is 2.61. The van der Waals surface area contributed by atoms with E-state index in [9.17, 15) is 8.42 Å². The first kappa shape index (κ1) is 12.6. The van der Waals surface area contributed by atoms with Gasteiger partial charge in [0.05, 0.1) is 6.61 Å². The predicted molar refractivity (Wildman–Crippen MR) is 69.8 cm³/mol. The van der Waals surface area contributed by atoms with Gasteiger partial charge in [-0.05, 0) is 54.5 Å². The fourth-order valence-electron chi connectivity index (χ4n) is 2.30. The van der Waals surface area contributed by atoms with Crippen LogP contribution < -0.4 is 4.72 Å². The number of hydrogen-bond donors (Lipinski definition) is 2. The molecule has 0 aliphatic heterocycles. The normalized spacial score (nSPS) is 20.6. The molecule has 0 radical (unpaired) electrons. The van der Waals surface area contributed by atoms with Crippen LogP contribution in [0, 0.1) is 11.8 Å². The van der Waals surface area contributed by atoms with Crippen molar-refractivity contribution in [3.8, 4) is 0 Å². The predicted octanol–water partition coefficient (Wildman–Crippen LogP) is 1.71. The Hall–Kier alpha value is -0.430. The van der Waals surface area contributed by atoms with E-state index >= 15 is 0 Å². The first-order chi connectivity index (χ1) is 8.60. The summed E-state index contributed by atoms with van der Waals surface area (Å²) in [5.41, 5.74) is 0.662. The van der Waals surface area contributed by atoms with Crippen LogP contribution in [-0.2, 0) is 16.6 Å². The summed E-state index contributed by atoms with van der Waals surface area (Å²) in [6, 6.07) is 1.69. The lowest BCUT2D eigenvalue weighted by atomic mass is 10.1. The maximum absolute atomic E-state index is 12.3. The number of aliphatic hydroxyl groups excluding tert-OH is 1. The van der Waals surface area contributed by atoms with E-state index in [1.54, 1.807) is 11.4 Å². The second kappa shape index (κ2) is 4.59. The minimum atomic E-state index is -3.40. The Morgan fingerprint density at radius 2 is 1.94 bits per heavy atom. The van der Waals surface area contributed by atoms with Gasteiger partial charge in [0.25, 0.3) is 0 Å². The fourth-order valence-corrected chi connectivity index (χ4v) is 4.89. The van der Waals surface area contributed by atoms with E-state index in [0.717, 1.165) is 25.7 Å². The van der Waals surface area contributed by atoms with Gasteiger partial charge in [-0.2, -0.15) is 0 Å². The SMILES string of the molecule is O=S(=O)(NC(C1CC1)C1CC1)c1cc(CO)cs1. The lowest BCUT2D eigenvalue weighted by molar-refractivity contribution is 0.282. The smallest absolute Gasteiger partial charge is 0.250 e. The summed E-state index contributed by atoms with van der Waals surface area (Å²) in [5.74, 6) is 1.09. The molecule has 2 fully saturated rings. The van der Waals surface area contributed by atoms with E-state index in [0.29, 0.717) is 21.6 Å². The minimum absolute atomic E-state index is 0.110. The van der Waals surface area contributed by atoms with Gasteiger partial charge in [-0.15, -0.1) is 11.3 Å². The van der Waals surface area contributed by atoms with Crippen LogP contribution >= 0.6 is 11.3 Å². The molecular formula is C12H17NO3S2. The molecule has 4 nitrogen and oxygen atoms in total. The molecule has 0 unspecified atom stereocenters. The van der Waals surface area contributed by atoms with Crippen molar-refractivity contribution < 1.29 is 13.5 Å². The second-order valence-electron chi connectivity index (χ2n) is 5.25. The van der Waals surface area contributed by atoms with Crippen molar-refractivity contribution in [2.75, 3.05) is 0 Å². The molecule has 2 saturated carbocycles. The van der Waals surface area contributed by atoms with Crippen LogP contribution in [0.3, 0.4) is 0 Å². The maximum Gasteiger partial charge on any atom is 0.250 e. The highest BCUT2D eigenvalue weighted by Crippen LogP contribution is 2.45. The molecule has 6 heteroatoms. The Labute approximate surface area is 111 Å². The van der Waals surface area contributed by atoms with Gasteiger partial charge in [0, 0.05) is 6.04 Å². The molecule has 0 aromatic carbocycles. The molecular weight excluding hydrogens is 270 g/mol. The molecule has 100 valence electrons. The van der Waals surface area contributed by atoms with Crippen LogP contribution in [0.15, 0.2) is 15.7 Å². The molecule has 0 atom stereocenters. The summed E-state index contributed by atoms with van der Waals surface area (Å²) in [5, 5.41) is 10.7. The summed E-state index contributed by atoms with van der Waals surface area (Å²) in [6.45, 7) is -0.110. The Morgan fingerprint density at radius 1 is 1.33 bits per heavy atom. The molecule has 18 heavy (non-hydrogen) atoms. The van der Waals surface area contributed by atoms with E-state index in [-0.39, 0.29) is 12.6 Å². The van der Waals surface area contributed by atoms with E-state index in [2.05, 4.69) is 4.72 Å². The third-order valence-corrected chi connectivity index (χ3v) is 6.58. The molecule has 2 N–H and O–H groups in total. The molecule has 1 heterocycles. The van der Waals surface area contributed by atoms with Crippen LogP contribution in [0.2, 0.25) is 0 Å². The first-order valence-electron chi connectivity index (χ1n) is 6.31. The Bertz CT molecular complexity index is 517. The molecule has 0 spiro atoms. The maximum atomic E-state index is 12.3. The summed E-state index contributed by atoms with van der Waals surface area (Å²) >= 11 is 1.18. The number of thiophene rings is 1. The molecule has 2 aliphatic rings. The molecule has 0 amide bonds. The first-order valence-corrected chi connectivity index (χ1v) is 8.67. The summed E-state index contributed by atoms with van der Waals surface area (Å²) < 4.78 is 27.7. The van der Waals surface area contributed by atoms with Crippen LogP contribution in [0.5, 0.6) is 0 Å². The number of aliphatic hydroxyl groups is 1. The van der Waals surface area contributed by atoms with Crippen molar-refractivity contribution in [3.05, 3.63) is 17.0 Å². The van der Waals surface area contributed by atoms with E-state index < -0.39 is 10.0 Å². The highest BCUT2D eigenvalue weighted by Gasteiger charge is 2.43. The van der Waals surface area contributed by atoms with Crippen molar-refractivity contribution >= 4 is 21.4 Å². The van der Waals surface area contributed by atoms with Crippen LogP contribution in [-0.4, -0.2) is 19.6 Å². The van der Waals surface area contributed by atoms with Crippen LogP contribution in [0.1, 0.15) is 31.2 Å². The minimum Gasteiger partial charge on any atom is -0.392 e. The zero-order chi connectivity index (χ0) is 12.8. The van der Waals surface area contributed by atoms with Gasteiger partial charge in [-0.1, -0.05) is 0 Å². The van der Waals surface area contributed by atoms with Crippen molar-refractivity contribution in [1.29, 1.82) is 0 Å². The highest BCUT2D eigenvalue weighted by atomic mass is 32.2. The van der Waals surface area contributed by atoms with Gasteiger partial charge < -0.3 is 5.11 Å². The van der Waals surface area contributed by atoms with E-state index in [1.165, 1.54) is 11.3 Å². The largest absolute Gasteiger partial charge is 0.392 e. The summed E-state index contributed by atoms with van der Waals surface area (Å²) in [7, 11) is -3.40. The van der Waals surface area contributed by atoms with E-state index in [1.807, 2.05) is 0 Å². The Kier molecular flexibility index (Phi) is 3.21. The van der Waals surface area contributed by atoms with Crippen LogP contribution in [0.25, 0.3) is 0 Å². The molecule has 1 aromatic heterocycles. The van der Waals surface area contributed by atoms with Crippen molar-refractivity contribution in [1.82, 2.24) is 4.72 Å². The van der Waals surface area contributed by atoms with Crippen molar-refractivity contribution in [2.45, 2.75) is 42.5 Å². The van der Waals surface area contributed by atoms with Gasteiger partial charge in [0.2, 0.25) is 10.0 Å². The third-order valence-electron chi connectivity index (χ3n) is 3.63. The lowest BCUT2D eigenvalue weighted by Gasteiger charge is -2.16. The van der Waals surface area contributed by atoms with Gasteiger partial charge in [-0.3, -0.25) is 0 Å². The fraction of sp³-hybridized carbons (Fsp3) is 0.667. The Balaban J connectivity index is 1.76. The van der Waals surface area contributed by atoms with Gasteiger partial charge >= 0.3 is 0 Å². The summed E-state index contributed by atoms with van der Waals surface area (Å²) in [4.78, 5) is 0. The quantitative estimate of drug-likeness (QED) is 0.837.